The number of anilines is 1. The van der Waals surface area contributed by atoms with Crippen LogP contribution in [-0.4, -0.2) is 19.7 Å². The zero-order chi connectivity index (χ0) is 14.4. The van der Waals surface area contributed by atoms with Crippen LogP contribution in [0.25, 0.3) is 5.82 Å². The second kappa shape index (κ2) is 4.48. The molecule has 2 rings (SSSR count). The summed E-state index contributed by atoms with van der Waals surface area (Å²) in [7, 11) is 0. The summed E-state index contributed by atoms with van der Waals surface area (Å²) in [6, 6.07) is 1.24. The molecule has 9 heteroatoms. The van der Waals surface area contributed by atoms with E-state index in [9.17, 15) is 13.2 Å². The molecule has 0 unspecified atom stereocenters. The van der Waals surface area contributed by atoms with Gasteiger partial charge < -0.3 is 5.73 Å². The molecule has 0 aliphatic rings. The van der Waals surface area contributed by atoms with Crippen LogP contribution in [0.4, 0.5) is 19.0 Å². The second-order valence-corrected chi connectivity index (χ2v) is 4.66. The van der Waals surface area contributed by atoms with E-state index in [4.69, 9.17) is 5.73 Å². The van der Waals surface area contributed by atoms with Crippen molar-refractivity contribution in [2.45, 2.75) is 20.0 Å². The van der Waals surface area contributed by atoms with Crippen LogP contribution >= 0.6 is 15.9 Å². The molecule has 19 heavy (non-hydrogen) atoms. The first-order chi connectivity index (χ1) is 8.70. The van der Waals surface area contributed by atoms with Crippen LogP contribution in [0.2, 0.25) is 0 Å². The van der Waals surface area contributed by atoms with Crippen LogP contribution in [0, 0.1) is 13.8 Å². The van der Waals surface area contributed by atoms with Crippen LogP contribution in [0.15, 0.2) is 10.5 Å². The smallest absolute Gasteiger partial charge is 0.384 e. The first kappa shape index (κ1) is 13.8. The summed E-state index contributed by atoms with van der Waals surface area (Å²) in [5.74, 6) is -1.57. The van der Waals surface area contributed by atoms with Crippen molar-refractivity contribution in [2.24, 2.45) is 0 Å². The summed E-state index contributed by atoms with van der Waals surface area (Å²) in [5.41, 5.74) is 6.65. The fourth-order valence-electron chi connectivity index (χ4n) is 1.53. The molecule has 2 aromatic heterocycles. The molecule has 0 saturated heterocycles. The summed E-state index contributed by atoms with van der Waals surface area (Å²) in [6.07, 6.45) is -4.66. The molecule has 5 nitrogen and oxygen atoms in total. The minimum absolute atomic E-state index is 0.0221. The number of nitrogens with zero attached hydrogens (tertiary/aromatic N) is 4. The molecule has 0 spiro atoms. The Morgan fingerprint density at radius 2 is 1.89 bits per heavy atom. The van der Waals surface area contributed by atoms with Gasteiger partial charge in [0.15, 0.2) is 5.82 Å². The van der Waals surface area contributed by atoms with Crippen molar-refractivity contribution in [1.82, 2.24) is 19.7 Å². The second-order valence-electron chi connectivity index (χ2n) is 3.87. The van der Waals surface area contributed by atoms with Gasteiger partial charge in [-0.1, -0.05) is 0 Å². The Hall–Kier alpha value is -1.64. The highest BCUT2D eigenvalue weighted by molar-refractivity contribution is 9.10. The normalized spacial score (nSPS) is 11.9. The lowest BCUT2D eigenvalue weighted by Crippen LogP contribution is -2.15. The van der Waals surface area contributed by atoms with E-state index in [1.165, 1.54) is 10.7 Å². The lowest BCUT2D eigenvalue weighted by Gasteiger charge is -2.09. The van der Waals surface area contributed by atoms with Crippen molar-refractivity contribution < 1.29 is 13.2 Å². The van der Waals surface area contributed by atoms with E-state index >= 15 is 0 Å². The Labute approximate surface area is 114 Å². The van der Waals surface area contributed by atoms with E-state index in [0.717, 1.165) is 0 Å². The molecule has 0 atom stereocenters. The van der Waals surface area contributed by atoms with Gasteiger partial charge >= 0.3 is 6.18 Å². The van der Waals surface area contributed by atoms with Gasteiger partial charge in [0.2, 0.25) is 5.82 Å². The molecule has 102 valence electrons. The third-order valence-corrected chi connectivity index (χ3v) is 3.55. The van der Waals surface area contributed by atoms with Gasteiger partial charge in [0, 0.05) is 6.07 Å². The molecule has 0 radical (unpaired) electrons. The van der Waals surface area contributed by atoms with Gasteiger partial charge in [0.05, 0.1) is 15.9 Å². The highest BCUT2D eigenvalue weighted by atomic mass is 79.9. The van der Waals surface area contributed by atoms with Crippen LogP contribution in [0.1, 0.15) is 17.2 Å². The topological polar surface area (TPSA) is 69.6 Å². The van der Waals surface area contributed by atoms with Crippen LogP contribution in [-0.2, 0) is 6.18 Å². The molecular formula is C10H9BrF3N5. The van der Waals surface area contributed by atoms with Gasteiger partial charge in [-0.25, -0.2) is 14.6 Å². The van der Waals surface area contributed by atoms with Crippen LogP contribution in [0.5, 0.6) is 0 Å². The van der Waals surface area contributed by atoms with E-state index in [2.05, 4.69) is 31.0 Å². The average molecular weight is 336 g/mol. The maximum Gasteiger partial charge on any atom is 0.451 e. The monoisotopic (exact) mass is 335 g/mol. The highest BCUT2D eigenvalue weighted by Crippen LogP contribution is 2.28. The maximum absolute atomic E-state index is 12.6. The lowest BCUT2D eigenvalue weighted by molar-refractivity contribution is -0.144. The molecule has 0 aliphatic heterocycles. The Kier molecular flexibility index (Phi) is 3.25. The average Bonchev–Trinajstić information content (AvgIpc) is 2.55. The van der Waals surface area contributed by atoms with Crippen molar-refractivity contribution in [2.75, 3.05) is 5.73 Å². The molecule has 0 bridgehead atoms. The number of aryl methyl sites for hydroxylation is 1. The van der Waals surface area contributed by atoms with Crippen molar-refractivity contribution in [1.29, 1.82) is 0 Å². The van der Waals surface area contributed by atoms with E-state index in [1.54, 1.807) is 13.8 Å². The number of hydrogen-bond donors (Lipinski definition) is 1. The molecule has 2 aromatic rings. The van der Waals surface area contributed by atoms with E-state index in [1.807, 2.05) is 0 Å². The Bertz CT molecular complexity index is 635. The predicted octanol–water partition coefficient (Wildman–Crippen LogP) is 2.64. The van der Waals surface area contributed by atoms with E-state index < -0.39 is 12.0 Å². The van der Waals surface area contributed by atoms with Gasteiger partial charge in [-0.2, -0.15) is 18.3 Å². The zero-order valence-electron chi connectivity index (χ0n) is 9.96. The predicted molar refractivity (Wildman–Crippen MR) is 65.7 cm³/mol. The minimum atomic E-state index is -4.66. The zero-order valence-corrected chi connectivity index (χ0v) is 11.5. The number of rotatable bonds is 1. The number of alkyl halides is 3. The molecule has 0 amide bonds. The number of nitrogen functional groups attached to an aromatic ring is 1. The minimum Gasteiger partial charge on any atom is -0.384 e. The van der Waals surface area contributed by atoms with Crippen LogP contribution in [0.3, 0.4) is 0 Å². The molecule has 2 N–H and O–H groups in total. The number of nitrogens with two attached hydrogens (primary N) is 1. The maximum atomic E-state index is 12.6. The Balaban J connectivity index is 2.63. The molecule has 0 aliphatic carbocycles. The number of hydrogen-bond acceptors (Lipinski definition) is 4. The number of aromatic nitrogens is 4. The van der Waals surface area contributed by atoms with Gasteiger partial charge in [-0.05, 0) is 29.8 Å². The molecule has 0 aromatic carbocycles. The third-order valence-electron chi connectivity index (χ3n) is 2.41. The van der Waals surface area contributed by atoms with Crippen molar-refractivity contribution in [3.63, 3.8) is 0 Å². The first-order valence-electron chi connectivity index (χ1n) is 5.14. The van der Waals surface area contributed by atoms with Gasteiger partial charge in [0.25, 0.3) is 0 Å². The summed E-state index contributed by atoms with van der Waals surface area (Å²) >= 11 is 3.29. The first-order valence-corrected chi connectivity index (χ1v) is 5.93. The summed E-state index contributed by atoms with van der Waals surface area (Å²) in [6.45, 7) is 3.43. The Morgan fingerprint density at radius 3 is 2.37 bits per heavy atom. The number of halogens is 4. The van der Waals surface area contributed by atoms with Gasteiger partial charge in [-0.15, -0.1) is 0 Å². The highest BCUT2D eigenvalue weighted by Gasteiger charge is 2.35. The lowest BCUT2D eigenvalue weighted by atomic mass is 10.4. The fraction of sp³-hybridized carbons (Fsp3) is 0.300. The molecule has 0 fully saturated rings. The molecular weight excluding hydrogens is 327 g/mol. The fourth-order valence-corrected chi connectivity index (χ4v) is 1.78. The van der Waals surface area contributed by atoms with Crippen molar-refractivity contribution >= 4 is 21.7 Å². The van der Waals surface area contributed by atoms with Gasteiger partial charge in [-0.3, -0.25) is 0 Å². The largest absolute Gasteiger partial charge is 0.451 e. The van der Waals surface area contributed by atoms with Crippen molar-refractivity contribution in [3.8, 4) is 5.82 Å². The Morgan fingerprint density at radius 1 is 1.26 bits per heavy atom. The van der Waals surface area contributed by atoms with E-state index in [0.29, 0.717) is 15.9 Å². The van der Waals surface area contributed by atoms with Crippen molar-refractivity contribution in [3.05, 3.63) is 27.8 Å². The summed E-state index contributed by atoms with van der Waals surface area (Å²) in [5, 5.41) is 4.10. The quantitative estimate of drug-likeness (QED) is 0.869. The third kappa shape index (κ3) is 2.55. The summed E-state index contributed by atoms with van der Waals surface area (Å²) < 4.78 is 39.9. The van der Waals surface area contributed by atoms with Gasteiger partial charge in [0.1, 0.15) is 5.82 Å². The van der Waals surface area contributed by atoms with Crippen LogP contribution < -0.4 is 5.73 Å². The van der Waals surface area contributed by atoms with E-state index in [-0.39, 0.29) is 11.6 Å². The summed E-state index contributed by atoms with van der Waals surface area (Å²) in [4.78, 5) is 6.63. The molecule has 2 heterocycles. The molecule has 0 saturated carbocycles. The standard InChI is InChI=1S/C10H9BrF3N5/c1-4-8(11)5(2)19(18-4)7-3-6(15)16-9(17-7)10(12,13)14/h3H,1-2H3,(H2,15,16,17). The SMILES string of the molecule is Cc1nn(-c2cc(N)nc(C(F)(F)F)n2)c(C)c1Br.